The molecule has 0 atom stereocenters. The minimum atomic E-state index is 0.291. The molecule has 0 saturated carbocycles. The van der Waals surface area contributed by atoms with E-state index in [0.29, 0.717) is 12.6 Å². The highest BCUT2D eigenvalue weighted by Gasteiger charge is 2.03. The van der Waals surface area contributed by atoms with Crippen LogP contribution in [-0.4, -0.2) is 24.4 Å². The van der Waals surface area contributed by atoms with Crippen LogP contribution in [0.25, 0.3) is 0 Å². The second kappa shape index (κ2) is 10.2. The van der Waals surface area contributed by atoms with Gasteiger partial charge < -0.3 is 15.2 Å². The number of rotatable bonds is 10. The molecule has 1 aromatic rings. The lowest BCUT2D eigenvalue weighted by molar-refractivity contribution is 0.273. The monoisotopic (exact) mass is 343 g/mol. The minimum Gasteiger partial charge on any atom is -0.494 e. The van der Waals surface area contributed by atoms with E-state index in [0.717, 1.165) is 49.1 Å². The van der Waals surface area contributed by atoms with E-state index in [4.69, 9.17) is 9.84 Å². The third-order valence-electron chi connectivity index (χ3n) is 3.04. The zero-order valence-electron chi connectivity index (χ0n) is 12.5. The molecule has 0 saturated heterocycles. The second-order valence-corrected chi connectivity index (χ2v) is 6.13. The zero-order chi connectivity index (χ0) is 14.8. The van der Waals surface area contributed by atoms with Crippen molar-refractivity contribution in [1.29, 1.82) is 0 Å². The van der Waals surface area contributed by atoms with E-state index >= 15 is 0 Å². The van der Waals surface area contributed by atoms with Crippen LogP contribution in [0.5, 0.6) is 5.75 Å². The van der Waals surface area contributed by atoms with Gasteiger partial charge in [0.1, 0.15) is 5.75 Å². The van der Waals surface area contributed by atoms with Crippen molar-refractivity contribution < 1.29 is 9.84 Å². The van der Waals surface area contributed by atoms with Crippen molar-refractivity contribution in [2.45, 2.75) is 52.1 Å². The number of halogens is 1. The second-order valence-electron chi connectivity index (χ2n) is 5.28. The van der Waals surface area contributed by atoms with E-state index < -0.39 is 0 Å². The first-order chi connectivity index (χ1) is 9.63. The Kier molecular flexibility index (Phi) is 8.90. The number of nitrogens with one attached hydrogen (secondary N) is 1. The zero-order valence-corrected chi connectivity index (χ0v) is 14.1. The van der Waals surface area contributed by atoms with Crippen LogP contribution in [0.3, 0.4) is 0 Å². The fourth-order valence-electron chi connectivity index (χ4n) is 1.85. The molecular weight excluding hydrogens is 318 g/mol. The average Bonchev–Trinajstić information content (AvgIpc) is 2.42. The molecule has 3 nitrogen and oxygen atoms in total. The van der Waals surface area contributed by atoms with Crippen molar-refractivity contribution in [2.24, 2.45) is 0 Å². The number of aliphatic hydroxyl groups excluding tert-OH is 1. The lowest BCUT2D eigenvalue weighted by Crippen LogP contribution is -2.22. The van der Waals surface area contributed by atoms with Crippen LogP contribution in [0.1, 0.15) is 45.1 Å². The van der Waals surface area contributed by atoms with Gasteiger partial charge in [-0.25, -0.2) is 0 Å². The first-order valence-corrected chi connectivity index (χ1v) is 8.18. The number of aliphatic hydroxyl groups is 1. The Morgan fingerprint density at radius 3 is 2.65 bits per heavy atom. The Bertz CT molecular complexity index is 383. The largest absolute Gasteiger partial charge is 0.494 e. The van der Waals surface area contributed by atoms with Crippen LogP contribution in [0.15, 0.2) is 22.7 Å². The maximum absolute atomic E-state index is 8.71. The van der Waals surface area contributed by atoms with Crippen LogP contribution in [0, 0.1) is 0 Å². The van der Waals surface area contributed by atoms with E-state index in [1.807, 2.05) is 12.1 Å². The molecular formula is C16H26BrNO2. The number of benzene rings is 1. The van der Waals surface area contributed by atoms with E-state index in [2.05, 4.69) is 41.2 Å². The Morgan fingerprint density at radius 2 is 1.95 bits per heavy atom. The molecule has 2 N–H and O–H groups in total. The van der Waals surface area contributed by atoms with Gasteiger partial charge in [-0.2, -0.15) is 0 Å². The SMILES string of the molecule is CC(C)NCc1cc(OCCCCCCO)ccc1Br. The van der Waals surface area contributed by atoms with Crippen LogP contribution < -0.4 is 10.1 Å². The van der Waals surface area contributed by atoms with Crippen molar-refractivity contribution in [3.8, 4) is 5.75 Å². The van der Waals surface area contributed by atoms with Crippen LogP contribution in [0.2, 0.25) is 0 Å². The molecule has 0 fully saturated rings. The van der Waals surface area contributed by atoms with Crippen molar-refractivity contribution >= 4 is 15.9 Å². The first-order valence-electron chi connectivity index (χ1n) is 7.39. The van der Waals surface area contributed by atoms with Gasteiger partial charge in [0.25, 0.3) is 0 Å². The molecule has 1 aromatic carbocycles. The summed E-state index contributed by atoms with van der Waals surface area (Å²) in [6, 6.07) is 6.60. The Hall–Kier alpha value is -0.580. The predicted molar refractivity (Wildman–Crippen MR) is 87.2 cm³/mol. The van der Waals surface area contributed by atoms with E-state index in [1.165, 1.54) is 5.56 Å². The summed E-state index contributed by atoms with van der Waals surface area (Å²) in [6.07, 6.45) is 4.11. The van der Waals surface area contributed by atoms with Gasteiger partial charge in [0.05, 0.1) is 6.61 Å². The Labute approximate surface area is 130 Å². The molecule has 1 rings (SSSR count). The number of unbranched alkanes of at least 4 members (excludes halogenated alkanes) is 3. The maximum Gasteiger partial charge on any atom is 0.119 e. The van der Waals surface area contributed by atoms with Crippen LogP contribution >= 0.6 is 15.9 Å². The van der Waals surface area contributed by atoms with Gasteiger partial charge in [0.2, 0.25) is 0 Å². The van der Waals surface area contributed by atoms with Gasteiger partial charge in [-0.1, -0.05) is 36.2 Å². The van der Waals surface area contributed by atoms with Gasteiger partial charge in [0, 0.05) is 23.7 Å². The van der Waals surface area contributed by atoms with E-state index in [-0.39, 0.29) is 0 Å². The highest BCUT2D eigenvalue weighted by molar-refractivity contribution is 9.10. The quantitative estimate of drug-likeness (QED) is 0.633. The van der Waals surface area contributed by atoms with Crippen LogP contribution in [-0.2, 0) is 6.54 Å². The average molecular weight is 344 g/mol. The normalized spacial score (nSPS) is 11.1. The predicted octanol–water partition coefficient (Wildman–Crippen LogP) is 3.88. The van der Waals surface area contributed by atoms with Gasteiger partial charge in [-0.15, -0.1) is 0 Å². The third-order valence-corrected chi connectivity index (χ3v) is 3.81. The van der Waals surface area contributed by atoms with Gasteiger partial charge in [-0.3, -0.25) is 0 Å². The smallest absolute Gasteiger partial charge is 0.119 e. The van der Waals surface area contributed by atoms with Crippen molar-refractivity contribution in [1.82, 2.24) is 5.32 Å². The van der Waals surface area contributed by atoms with Gasteiger partial charge >= 0.3 is 0 Å². The van der Waals surface area contributed by atoms with Gasteiger partial charge in [-0.05, 0) is 43.0 Å². The highest BCUT2D eigenvalue weighted by Crippen LogP contribution is 2.23. The molecule has 4 heteroatoms. The Balaban J connectivity index is 2.36. The summed E-state index contributed by atoms with van der Waals surface area (Å²) < 4.78 is 6.89. The fraction of sp³-hybridized carbons (Fsp3) is 0.625. The highest BCUT2D eigenvalue weighted by atomic mass is 79.9. The van der Waals surface area contributed by atoms with Gasteiger partial charge in [0.15, 0.2) is 0 Å². The number of hydrogen-bond donors (Lipinski definition) is 2. The number of ether oxygens (including phenoxy) is 1. The van der Waals surface area contributed by atoms with E-state index in [1.54, 1.807) is 0 Å². The maximum atomic E-state index is 8.71. The van der Waals surface area contributed by atoms with Crippen molar-refractivity contribution in [3.05, 3.63) is 28.2 Å². The molecule has 0 spiro atoms. The molecule has 20 heavy (non-hydrogen) atoms. The summed E-state index contributed by atoms with van der Waals surface area (Å²) >= 11 is 3.57. The molecule has 0 heterocycles. The topological polar surface area (TPSA) is 41.5 Å². The molecule has 0 aliphatic rings. The minimum absolute atomic E-state index is 0.291. The molecule has 114 valence electrons. The van der Waals surface area contributed by atoms with Crippen molar-refractivity contribution in [3.63, 3.8) is 0 Å². The molecule has 0 amide bonds. The molecule has 0 aromatic heterocycles. The summed E-state index contributed by atoms with van der Waals surface area (Å²) in [5.41, 5.74) is 1.22. The van der Waals surface area contributed by atoms with Crippen LogP contribution in [0.4, 0.5) is 0 Å². The summed E-state index contributed by atoms with van der Waals surface area (Å²) in [6.45, 7) is 6.15. The first kappa shape index (κ1) is 17.5. The van der Waals surface area contributed by atoms with E-state index in [9.17, 15) is 0 Å². The molecule has 0 aliphatic carbocycles. The molecule has 0 aliphatic heterocycles. The standard InChI is InChI=1S/C16H26BrNO2/c1-13(2)18-12-14-11-15(7-8-16(14)17)20-10-6-4-3-5-9-19/h7-8,11,13,18-19H,3-6,9-10,12H2,1-2H3. The Morgan fingerprint density at radius 1 is 1.20 bits per heavy atom. The lowest BCUT2D eigenvalue weighted by Gasteiger charge is -2.12. The summed E-state index contributed by atoms with van der Waals surface area (Å²) in [4.78, 5) is 0. The van der Waals surface area contributed by atoms with Crippen molar-refractivity contribution in [2.75, 3.05) is 13.2 Å². The molecule has 0 bridgehead atoms. The number of hydrogen-bond acceptors (Lipinski definition) is 3. The summed E-state index contributed by atoms with van der Waals surface area (Å²) in [5.74, 6) is 0.927. The fourth-order valence-corrected chi connectivity index (χ4v) is 2.23. The third kappa shape index (κ3) is 7.27. The lowest BCUT2D eigenvalue weighted by atomic mass is 10.2. The summed E-state index contributed by atoms with van der Waals surface area (Å²) in [7, 11) is 0. The molecule has 0 unspecified atom stereocenters. The molecule has 0 radical (unpaired) electrons. The summed E-state index contributed by atoms with van der Waals surface area (Å²) in [5, 5.41) is 12.1.